The number of carbonyl (C=O) groups excluding carboxylic acids is 1. The topological polar surface area (TPSA) is 75.4 Å². The summed E-state index contributed by atoms with van der Waals surface area (Å²) in [6.45, 7) is 1.22. The van der Waals surface area contributed by atoms with Gasteiger partial charge >= 0.3 is 0 Å². The van der Waals surface area contributed by atoms with Crippen molar-refractivity contribution in [1.82, 2.24) is 14.5 Å². The van der Waals surface area contributed by atoms with Gasteiger partial charge in [0.05, 0.1) is 23.9 Å². The number of thiophene rings is 1. The summed E-state index contributed by atoms with van der Waals surface area (Å²) in [7, 11) is 0. The maximum Gasteiger partial charge on any atom is 0.262 e. The van der Waals surface area contributed by atoms with E-state index in [2.05, 4.69) is 4.98 Å². The van der Waals surface area contributed by atoms with Crippen LogP contribution in [0.5, 0.6) is 0 Å². The Labute approximate surface area is 167 Å². The Morgan fingerprint density at radius 1 is 1.18 bits per heavy atom. The Morgan fingerprint density at radius 3 is 2.68 bits per heavy atom. The third kappa shape index (κ3) is 4.00. The molecule has 1 saturated heterocycles. The molecule has 2 aromatic heterocycles. The molecule has 1 aliphatic heterocycles. The lowest BCUT2D eigenvalue weighted by Gasteiger charge is -2.38. The molecule has 1 aliphatic rings. The van der Waals surface area contributed by atoms with E-state index in [4.69, 9.17) is 0 Å². The first-order chi connectivity index (χ1) is 13.5. The van der Waals surface area contributed by atoms with Crippen molar-refractivity contribution in [3.8, 4) is 0 Å². The highest BCUT2D eigenvalue weighted by atomic mass is 32.1. The summed E-state index contributed by atoms with van der Waals surface area (Å²) < 4.78 is 1.49. The van der Waals surface area contributed by atoms with Gasteiger partial charge in [-0.3, -0.25) is 14.2 Å². The first-order valence-electron chi connectivity index (χ1n) is 9.51. The van der Waals surface area contributed by atoms with E-state index in [-0.39, 0.29) is 18.0 Å². The van der Waals surface area contributed by atoms with Crippen molar-refractivity contribution in [3.63, 3.8) is 0 Å². The van der Waals surface area contributed by atoms with Crippen molar-refractivity contribution in [2.75, 3.05) is 13.1 Å². The largest absolute Gasteiger partial charge is 0.388 e. The van der Waals surface area contributed by atoms with E-state index in [1.165, 1.54) is 22.2 Å². The molecule has 0 unspecified atom stereocenters. The quantitative estimate of drug-likeness (QED) is 0.718. The molecule has 3 aromatic rings. The lowest BCUT2D eigenvalue weighted by molar-refractivity contribution is -0.135. The molecule has 0 radical (unpaired) electrons. The van der Waals surface area contributed by atoms with E-state index in [9.17, 15) is 14.7 Å². The lowest BCUT2D eigenvalue weighted by Crippen LogP contribution is -2.49. The molecule has 0 aliphatic carbocycles. The Bertz CT molecular complexity index is 1020. The molecule has 7 heteroatoms. The van der Waals surface area contributed by atoms with Crippen LogP contribution in [0.15, 0.2) is 52.9 Å². The maximum absolute atomic E-state index is 12.6. The number of aryl methyl sites for hydroxylation is 1. The van der Waals surface area contributed by atoms with Crippen LogP contribution in [0.4, 0.5) is 0 Å². The fraction of sp³-hybridized carbons (Fsp3) is 0.381. The first-order valence-corrected chi connectivity index (χ1v) is 10.4. The summed E-state index contributed by atoms with van der Waals surface area (Å²) in [4.78, 5) is 31.9. The molecule has 6 nitrogen and oxygen atoms in total. The van der Waals surface area contributed by atoms with E-state index < -0.39 is 5.60 Å². The van der Waals surface area contributed by atoms with Crippen LogP contribution in [0.25, 0.3) is 10.2 Å². The van der Waals surface area contributed by atoms with Gasteiger partial charge in [0.15, 0.2) is 0 Å². The number of aromatic nitrogens is 2. The number of carbonyl (C=O) groups is 1. The number of hydrogen-bond donors (Lipinski definition) is 1. The fourth-order valence-electron chi connectivity index (χ4n) is 3.71. The molecule has 3 heterocycles. The third-order valence-corrected chi connectivity index (χ3v) is 6.25. The van der Waals surface area contributed by atoms with Crippen LogP contribution in [0.2, 0.25) is 0 Å². The average Bonchev–Trinajstić information content (AvgIpc) is 3.19. The second-order valence-corrected chi connectivity index (χ2v) is 8.30. The zero-order chi connectivity index (χ0) is 19.6. The standard InChI is InChI=1S/C21H23N3O3S/c25-18(7-6-16-4-2-1-3-5-16)23-11-9-21(27,10-12-23)14-24-15-22-19-17(20(24)26)8-13-28-19/h1-5,8,13,15,27H,6-7,9-12,14H2. The predicted octanol–water partition coefficient (Wildman–Crippen LogP) is 2.44. The van der Waals surface area contributed by atoms with E-state index in [0.29, 0.717) is 42.6 Å². The highest BCUT2D eigenvalue weighted by Crippen LogP contribution is 2.25. The van der Waals surface area contributed by atoms with Gasteiger partial charge in [0.25, 0.3) is 5.56 Å². The van der Waals surface area contributed by atoms with E-state index >= 15 is 0 Å². The Morgan fingerprint density at radius 2 is 1.93 bits per heavy atom. The van der Waals surface area contributed by atoms with Crippen molar-refractivity contribution in [1.29, 1.82) is 0 Å². The number of amides is 1. The molecule has 0 spiro atoms. The molecule has 1 amide bonds. The Kier molecular flexibility index (Phi) is 5.28. The van der Waals surface area contributed by atoms with Crippen LogP contribution < -0.4 is 5.56 Å². The van der Waals surface area contributed by atoms with Gasteiger partial charge in [-0.1, -0.05) is 30.3 Å². The smallest absolute Gasteiger partial charge is 0.262 e. The van der Waals surface area contributed by atoms with Gasteiger partial charge in [0, 0.05) is 19.5 Å². The molecule has 4 rings (SSSR count). The monoisotopic (exact) mass is 397 g/mol. The fourth-order valence-corrected chi connectivity index (χ4v) is 4.43. The second-order valence-electron chi connectivity index (χ2n) is 7.41. The normalized spacial score (nSPS) is 16.4. The van der Waals surface area contributed by atoms with Gasteiger partial charge in [-0.25, -0.2) is 4.98 Å². The number of aliphatic hydroxyl groups is 1. The van der Waals surface area contributed by atoms with E-state index in [1.807, 2.05) is 40.6 Å². The number of rotatable bonds is 5. The van der Waals surface area contributed by atoms with Crippen molar-refractivity contribution in [3.05, 3.63) is 64.0 Å². The predicted molar refractivity (Wildman–Crippen MR) is 109 cm³/mol. The number of piperidine rings is 1. The zero-order valence-electron chi connectivity index (χ0n) is 15.6. The van der Waals surface area contributed by atoms with Gasteiger partial charge in [0.2, 0.25) is 5.91 Å². The number of nitrogens with zero attached hydrogens (tertiary/aromatic N) is 3. The van der Waals surface area contributed by atoms with Crippen LogP contribution in [-0.2, 0) is 17.8 Å². The molecular weight excluding hydrogens is 374 g/mol. The van der Waals surface area contributed by atoms with E-state index in [1.54, 1.807) is 6.07 Å². The zero-order valence-corrected chi connectivity index (χ0v) is 16.4. The Hall–Kier alpha value is -2.51. The minimum atomic E-state index is -0.995. The summed E-state index contributed by atoms with van der Waals surface area (Å²) in [5.74, 6) is 0.115. The molecule has 1 aromatic carbocycles. The number of benzene rings is 1. The third-order valence-electron chi connectivity index (χ3n) is 5.43. The van der Waals surface area contributed by atoms with Gasteiger partial charge in [-0.2, -0.15) is 0 Å². The highest BCUT2D eigenvalue weighted by molar-refractivity contribution is 7.16. The molecule has 1 fully saturated rings. The summed E-state index contributed by atoms with van der Waals surface area (Å²) in [5.41, 5.74) is 0.0342. The summed E-state index contributed by atoms with van der Waals surface area (Å²) in [6.07, 6.45) is 3.62. The van der Waals surface area contributed by atoms with Crippen molar-refractivity contribution < 1.29 is 9.90 Å². The number of hydrogen-bond acceptors (Lipinski definition) is 5. The molecule has 0 bridgehead atoms. The maximum atomic E-state index is 12.6. The summed E-state index contributed by atoms with van der Waals surface area (Å²) >= 11 is 1.43. The molecular formula is C21H23N3O3S. The van der Waals surface area contributed by atoms with Crippen molar-refractivity contribution in [2.45, 2.75) is 37.8 Å². The van der Waals surface area contributed by atoms with E-state index in [0.717, 1.165) is 12.0 Å². The van der Waals surface area contributed by atoms with Crippen molar-refractivity contribution in [2.24, 2.45) is 0 Å². The van der Waals surface area contributed by atoms with Crippen LogP contribution >= 0.6 is 11.3 Å². The molecule has 0 saturated carbocycles. The molecule has 1 N–H and O–H groups in total. The van der Waals surface area contributed by atoms with Gasteiger partial charge in [0.1, 0.15) is 4.83 Å². The summed E-state index contributed by atoms with van der Waals surface area (Å²) in [6, 6.07) is 11.7. The molecule has 146 valence electrons. The van der Waals surface area contributed by atoms with Gasteiger partial charge in [-0.05, 0) is 36.3 Å². The number of fused-ring (bicyclic) bond motifs is 1. The Balaban J connectivity index is 1.35. The van der Waals surface area contributed by atoms with Crippen molar-refractivity contribution >= 4 is 27.5 Å². The highest BCUT2D eigenvalue weighted by Gasteiger charge is 2.34. The first kappa shape index (κ1) is 18.8. The minimum absolute atomic E-state index is 0.115. The number of likely N-dealkylation sites (tertiary alicyclic amines) is 1. The van der Waals surface area contributed by atoms with Crippen LogP contribution in [0.3, 0.4) is 0 Å². The average molecular weight is 398 g/mol. The van der Waals surface area contributed by atoms with Gasteiger partial charge < -0.3 is 10.0 Å². The van der Waals surface area contributed by atoms with Crippen LogP contribution in [0, 0.1) is 0 Å². The SMILES string of the molecule is O=C(CCc1ccccc1)N1CCC(O)(Cn2cnc3sccc3c2=O)CC1. The second kappa shape index (κ2) is 7.85. The molecule has 28 heavy (non-hydrogen) atoms. The minimum Gasteiger partial charge on any atom is -0.388 e. The summed E-state index contributed by atoms with van der Waals surface area (Å²) in [5, 5.41) is 13.4. The van der Waals surface area contributed by atoms with Crippen LogP contribution in [0.1, 0.15) is 24.8 Å². The van der Waals surface area contributed by atoms with Gasteiger partial charge in [-0.15, -0.1) is 11.3 Å². The molecule has 0 atom stereocenters. The van der Waals surface area contributed by atoms with Crippen LogP contribution in [-0.4, -0.2) is 44.2 Å². The lowest BCUT2D eigenvalue weighted by atomic mass is 9.91.